The van der Waals surface area contributed by atoms with Crippen LogP contribution in [-0.4, -0.2) is 17.0 Å². The van der Waals surface area contributed by atoms with E-state index in [1.807, 2.05) is 0 Å². The average molecular weight is 197 g/mol. The van der Waals surface area contributed by atoms with Crippen molar-refractivity contribution in [3.05, 3.63) is 33.9 Å². The van der Waals surface area contributed by atoms with Gasteiger partial charge in [-0.3, -0.25) is 4.79 Å². The maximum Gasteiger partial charge on any atom is 0.295 e. The van der Waals surface area contributed by atoms with E-state index in [4.69, 9.17) is 0 Å². The predicted molar refractivity (Wildman–Crippen MR) is 49.0 cm³/mol. The van der Waals surface area contributed by atoms with Crippen molar-refractivity contribution in [2.75, 3.05) is 0 Å². The van der Waals surface area contributed by atoms with Crippen LogP contribution in [0.5, 0.6) is 0 Å². The van der Waals surface area contributed by atoms with Crippen molar-refractivity contribution < 1.29 is 14.7 Å². The fourth-order valence-corrected chi connectivity index (χ4v) is 1.50. The quantitative estimate of drug-likeness (QED) is 0.388. The molecule has 0 saturated carbocycles. The third kappa shape index (κ3) is 1.99. The molecule has 14 heavy (non-hydrogen) atoms. The van der Waals surface area contributed by atoms with Crippen LogP contribution in [0.25, 0.3) is 0 Å². The fourth-order valence-electron chi connectivity index (χ4n) is 1.50. The van der Waals surface area contributed by atoms with Crippen LogP contribution >= 0.6 is 0 Å². The lowest BCUT2D eigenvalue weighted by atomic mass is 10.1. The van der Waals surface area contributed by atoms with E-state index in [-0.39, 0.29) is 12.2 Å². The van der Waals surface area contributed by atoms with Crippen LogP contribution in [0, 0.1) is 10.1 Å². The molecule has 0 aromatic heterocycles. The van der Waals surface area contributed by atoms with Gasteiger partial charge in [0, 0.05) is 12.0 Å². The third-order valence-electron chi connectivity index (χ3n) is 2.23. The second kappa shape index (κ2) is 4.04. The first-order valence-electron chi connectivity index (χ1n) is 4.21. The number of carbonyl (C=O) groups is 1. The lowest BCUT2D eigenvalue weighted by Gasteiger charge is -2.07. The Hall–Kier alpha value is -1.65. The molecule has 5 heteroatoms. The number of nitrogens with zero attached hydrogens (tertiary/aromatic N) is 1. The highest BCUT2D eigenvalue weighted by molar-refractivity contribution is 5.99. The molecule has 0 heterocycles. The van der Waals surface area contributed by atoms with E-state index in [9.17, 15) is 14.9 Å². The average Bonchev–Trinajstić information content (AvgIpc) is 2.32. The summed E-state index contributed by atoms with van der Waals surface area (Å²) >= 11 is 0. The fraction of sp³-hybridized carbons (Fsp3) is 0.444. The number of ketones is 1. The van der Waals surface area contributed by atoms with Gasteiger partial charge in [0.1, 0.15) is 6.10 Å². The molecule has 1 rings (SSSR count). The molecule has 1 aliphatic rings. The van der Waals surface area contributed by atoms with Gasteiger partial charge >= 0.3 is 0 Å². The summed E-state index contributed by atoms with van der Waals surface area (Å²) in [5.74, 6) is -0.0887. The first-order valence-corrected chi connectivity index (χ1v) is 4.21. The molecular weight excluding hydrogens is 186 g/mol. The zero-order valence-corrected chi connectivity index (χ0v) is 7.86. The van der Waals surface area contributed by atoms with Crippen molar-refractivity contribution in [1.82, 2.24) is 0 Å². The van der Waals surface area contributed by atoms with Gasteiger partial charge in [-0.05, 0) is 18.9 Å². The molecule has 0 saturated heterocycles. The monoisotopic (exact) mass is 197 g/mol. The van der Waals surface area contributed by atoms with Crippen LogP contribution in [0.3, 0.4) is 0 Å². The zero-order valence-electron chi connectivity index (χ0n) is 7.86. The molecule has 0 amide bonds. The van der Waals surface area contributed by atoms with Crippen molar-refractivity contribution in [3.8, 4) is 0 Å². The molecule has 76 valence electrons. The van der Waals surface area contributed by atoms with Crippen LogP contribution in [0.1, 0.15) is 19.8 Å². The molecule has 0 aromatic rings. The standard InChI is InChI=1S/C9H11NO4/c1-3-4-7-6(2)9(5-8(7)11)14-10(12)13/h3,9H,1,4-5H2,2H3/t9-/m0/s1. The number of allylic oxidation sites excluding steroid dienone is 2. The van der Waals surface area contributed by atoms with Gasteiger partial charge in [-0.1, -0.05) is 6.08 Å². The minimum Gasteiger partial charge on any atom is -0.306 e. The Morgan fingerprint density at radius 1 is 1.79 bits per heavy atom. The maximum atomic E-state index is 11.4. The van der Waals surface area contributed by atoms with Crippen LogP contribution in [0.2, 0.25) is 0 Å². The summed E-state index contributed by atoms with van der Waals surface area (Å²) in [6.45, 7) is 5.20. The van der Waals surface area contributed by atoms with E-state index in [2.05, 4.69) is 11.4 Å². The smallest absolute Gasteiger partial charge is 0.295 e. The first-order chi connectivity index (χ1) is 6.56. The number of rotatable bonds is 4. The summed E-state index contributed by atoms with van der Waals surface area (Å²) in [6.07, 6.45) is 1.41. The molecule has 0 radical (unpaired) electrons. The Morgan fingerprint density at radius 2 is 2.43 bits per heavy atom. The molecule has 0 unspecified atom stereocenters. The maximum absolute atomic E-state index is 11.4. The molecular formula is C9H11NO4. The summed E-state index contributed by atoms with van der Waals surface area (Å²) in [5.41, 5.74) is 1.23. The molecule has 0 N–H and O–H groups in total. The third-order valence-corrected chi connectivity index (χ3v) is 2.23. The zero-order chi connectivity index (χ0) is 10.7. The van der Waals surface area contributed by atoms with Crippen LogP contribution in [0.4, 0.5) is 0 Å². The summed E-state index contributed by atoms with van der Waals surface area (Å²) in [7, 11) is 0. The minimum atomic E-state index is -0.863. The topological polar surface area (TPSA) is 69.4 Å². The second-order valence-corrected chi connectivity index (χ2v) is 3.10. The summed E-state index contributed by atoms with van der Waals surface area (Å²) in [5, 5.41) is 9.24. The molecule has 0 spiro atoms. The normalized spacial score (nSPS) is 21.2. The number of Topliss-reactive ketones (excluding diaryl/α,β-unsaturated/α-hetero) is 1. The highest BCUT2D eigenvalue weighted by atomic mass is 17.0. The molecule has 1 aliphatic carbocycles. The number of carbonyl (C=O) groups excluding carboxylic acids is 1. The first kappa shape index (κ1) is 10.4. The SMILES string of the molecule is C=CCC1=C(C)[C@@H](O[N+](=O)[O-])CC1=O. The van der Waals surface area contributed by atoms with Crippen molar-refractivity contribution in [2.24, 2.45) is 0 Å². The van der Waals surface area contributed by atoms with Gasteiger partial charge in [0.25, 0.3) is 5.09 Å². The molecule has 0 aliphatic heterocycles. The lowest BCUT2D eigenvalue weighted by molar-refractivity contribution is -0.765. The summed E-state index contributed by atoms with van der Waals surface area (Å²) in [4.78, 5) is 25.8. The van der Waals surface area contributed by atoms with Gasteiger partial charge in [0.2, 0.25) is 0 Å². The Bertz CT molecular complexity index is 319. The molecule has 5 nitrogen and oxygen atoms in total. The van der Waals surface area contributed by atoms with E-state index in [1.54, 1.807) is 13.0 Å². The predicted octanol–water partition coefficient (Wildman–Crippen LogP) is 1.43. The van der Waals surface area contributed by atoms with E-state index < -0.39 is 11.2 Å². The Kier molecular flexibility index (Phi) is 3.01. The van der Waals surface area contributed by atoms with Crippen molar-refractivity contribution >= 4 is 5.78 Å². The van der Waals surface area contributed by atoms with Crippen LogP contribution in [-0.2, 0) is 9.63 Å². The summed E-state index contributed by atoms with van der Waals surface area (Å²) in [6, 6.07) is 0. The van der Waals surface area contributed by atoms with Crippen LogP contribution < -0.4 is 0 Å². The van der Waals surface area contributed by atoms with E-state index >= 15 is 0 Å². The Labute approximate surface area is 81.2 Å². The Balaban J connectivity index is 2.81. The van der Waals surface area contributed by atoms with E-state index in [0.29, 0.717) is 17.6 Å². The van der Waals surface area contributed by atoms with E-state index in [1.165, 1.54) is 0 Å². The molecule has 0 aromatic carbocycles. The highest BCUT2D eigenvalue weighted by Gasteiger charge is 2.31. The van der Waals surface area contributed by atoms with Crippen molar-refractivity contribution in [1.29, 1.82) is 0 Å². The van der Waals surface area contributed by atoms with Gasteiger partial charge in [-0.25, -0.2) is 0 Å². The second-order valence-electron chi connectivity index (χ2n) is 3.10. The molecule has 0 fully saturated rings. The lowest BCUT2D eigenvalue weighted by Crippen LogP contribution is -2.16. The van der Waals surface area contributed by atoms with E-state index in [0.717, 1.165) is 0 Å². The van der Waals surface area contributed by atoms with Crippen LogP contribution in [0.15, 0.2) is 23.8 Å². The van der Waals surface area contributed by atoms with Crippen molar-refractivity contribution in [3.63, 3.8) is 0 Å². The van der Waals surface area contributed by atoms with Gasteiger partial charge in [0.05, 0.1) is 0 Å². The van der Waals surface area contributed by atoms with Crippen molar-refractivity contribution in [2.45, 2.75) is 25.9 Å². The van der Waals surface area contributed by atoms with Gasteiger partial charge in [-0.2, -0.15) is 0 Å². The largest absolute Gasteiger partial charge is 0.306 e. The van der Waals surface area contributed by atoms with Gasteiger partial charge in [-0.15, -0.1) is 16.7 Å². The Morgan fingerprint density at radius 3 is 2.93 bits per heavy atom. The molecule has 1 atom stereocenters. The number of hydrogen-bond donors (Lipinski definition) is 0. The van der Waals surface area contributed by atoms with Gasteiger partial charge < -0.3 is 4.84 Å². The highest BCUT2D eigenvalue weighted by Crippen LogP contribution is 2.27. The number of hydrogen-bond acceptors (Lipinski definition) is 4. The molecule has 0 bridgehead atoms. The minimum absolute atomic E-state index is 0.0655. The summed E-state index contributed by atoms with van der Waals surface area (Å²) < 4.78 is 0. The van der Waals surface area contributed by atoms with Gasteiger partial charge in [0.15, 0.2) is 5.78 Å².